The van der Waals surface area contributed by atoms with Crippen LogP contribution in [-0.2, 0) is 15.4 Å². The maximum Gasteiger partial charge on any atom is 0.573 e. The van der Waals surface area contributed by atoms with Gasteiger partial charge < -0.3 is 4.74 Å². The van der Waals surface area contributed by atoms with Crippen molar-refractivity contribution in [2.45, 2.75) is 23.0 Å². The first-order valence-electron chi connectivity index (χ1n) is 4.61. The van der Waals surface area contributed by atoms with Crippen molar-refractivity contribution in [2.75, 3.05) is 0 Å². The highest BCUT2D eigenvalue weighted by Crippen LogP contribution is 2.38. The predicted octanol–water partition coefficient (Wildman–Crippen LogP) is 2.46. The maximum atomic E-state index is 12.7. The van der Waals surface area contributed by atoms with E-state index in [1.165, 1.54) is 0 Å². The number of nitrogens with zero attached hydrogens (tertiary/aromatic N) is 1. The van der Waals surface area contributed by atoms with Crippen LogP contribution < -0.4 is 9.88 Å². The van der Waals surface area contributed by atoms with Gasteiger partial charge in [-0.1, -0.05) is 15.9 Å². The highest BCUT2D eigenvalue weighted by Gasteiger charge is 2.37. The van der Waals surface area contributed by atoms with Crippen LogP contribution in [0.4, 0.5) is 22.0 Å². The number of hydrogen-bond donors (Lipinski definition) is 1. The van der Waals surface area contributed by atoms with Crippen molar-refractivity contribution >= 4 is 26.0 Å². The molecule has 0 amide bonds. The maximum absolute atomic E-state index is 12.7. The molecule has 20 heavy (non-hydrogen) atoms. The lowest BCUT2D eigenvalue weighted by molar-refractivity contribution is -0.276. The Morgan fingerprint density at radius 3 is 2.30 bits per heavy atom. The smallest absolute Gasteiger partial charge is 0.404 e. The molecule has 0 aliphatic carbocycles. The zero-order valence-corrected chi connectivity index (χ0v) is 11.7. The molecule has 1 heterocycles. The standard InChI is InChI=1S/C8H6BrF5N2O3S/c9-1-4-6(20(15,17)18)5(19-8(12,13)14)3(2-16-4)7(10)11/h2,7H,1H2,(H2,15,17,18). The van der Waals surface area contributed by atoms with Crippen LogP contribution in [0.1, 0.15) is 17.7 Å². The molecular weight excluding hydrogens is 379 g/mol. The number of pyridine rings is 1. The molecule has 1 rings (SSSR count). The minimum atomic E-state index is -5.37. The number of halogens is 6. The van der Waals surface area contributed by atoms with Gasteiger partial charge in [-0.15, -0.1) is 13.2 Å². The molecule has 0 aliphatic heterocycles. The van der Waals surface area contributed by atoms with Gasteiger partial charge in [-0.2, -0.15) is 0 Å². The summed E-state index contributed by atoms with van der Waals surface area (Å²) in [5.74, 6) is -1.57. The van der Waals surface area contributed by atoms with Crippen molar-refractivity contribution in [1.82, 2.24) is 4.98 Å². The van der Waals surface area contributed by atoms with E-state index in [0.29, 0.717) is 6.20 Å². The quantitative estimate of drug-likeness (QED) is 0.638. The summed E-state index contributed by atoms with van der Waals surface area (Å²) in [6.45, 7) is 0. The lowest BCUT2D eigenvalue weighted by atomic mass is 10.2. The Morgan fingerprint density at radius 2 is 1.95 bits per heavy atom. The Labute approximate surface area is 118 Å². The second-order valence-electron chi connectivity index (χ2n) is 3.35. The van der Waals surface area contributed by atoms with Crippen molar-refractivity contribution in [1.29, 1.82) is 0 Å². The molecule has 0 spiro atoms. The fraction of sp³-hybridized carbons (Fsp3) is 0.375. The van der Waals surface area contributed by atoms with Crippen LogP contribution in [0.15, 0.2) is 11.1 Å². The number of aromatic nitrogens is 1. The number of hydrogen-bond acceptors (Lipinski definition) is 4. The molecular formula is C8H6BrF5N2O3S. The average Bonchev–Trinajstić information content (AvgIpc) is 2.23. The SMILES string of the molecule is NS(=O)(=O)c1c(CBr)ncc(C(F)F)c1OC(F)(F)F. The number of alkyl halides is 6. The van der Waals surface area contributed by atoms with Gasteiger partial charge in [0.25, 0.3) is 6.43 Å². The molecule has 0 saturated heterocycles. The van der Waals surface area contributed by atoms with Crippen LogP contribution in [-0.4, -0.2) is 19.8 Å². The first-order valence-corrected chi connectivity index (χ1v) is 7.28. The lowest BCUT2D eigenvalue weighted by Crippen LogP contribution is -2.24. The van der Waals surface area contributed by atoms with Crippen LogP contribution >= 0.6 is 15.9 Å². The molecule has 0 atom stereocenters. The Balaban J connectivity index is 3.70. The molecule has 0 radical (unpaired) electrons. The van der Waals surface area contributed by atoms with Crippen molar-refractivity contribution in [2.24, 2.45) is 5.14 Å². The molecule has 0 aromatic carbocycles. The van der Waals surface area contributed by atoms with E-state index in [4.69, 9.17) is 5.14 Å². The van der Waals surface area contributed by atoms with Crippen molar-refractivity contribution in [3.63, 3.8) is 0 Å². The highest BCUT2D eigenvalue weighted by atomic mass is 79.9. The van der Waals surface area contributed by atoms with E-state index in [1.54, 1.807) is 0 Å². The molecule has 5 nitrogen and oxygen atoms in total. The van der Waals surface area contributed by atoms with Gasteiger partial charge in [0.1, 0.15) is 4.90 Å². The molecule has 12 heteroatoms. The van der Waals surface area contributed by atoms with Crippen LogP contribution in [0, 0.1) is 0 Å². The van der Waals surface area contributed by atoms with Gasteiger partial charge in [-0.25, -0.2) is 22.3 Å². The van der Waals surface area contributed by atoms with Gasteiger partial charge in [0.15, 0.2) is 5.75 Å². The van der Waals surface area contributed by atoms with E-state index in [1.807, 2.05) is 0 Å². The summed E-state index contributed by atoms with van der Waals surface area (Å²) < 4.78 is 88.1. The Hall–Kier alpha value is -1.01. The summed E-state index contributed by atoms with van der Waals surface area (Å²) in [6, 6.07) is 0. The normalized spacial score (nSPS) is 12.8. The number of rotatable bonds is 4. The van der Waals surface area contributed by atoms with Crippen LogP contribution in [0.2, 0.25) is 0 Å². The molecule has 1 aromatic rings. The molecule has 0 aliphatic rings. The largest absolute Gasteiger partial charge is 0.573 e. The highest BCUT2D eigenvalue weighted by molar-refractivity contribution is 9.08. The van der Waals surface area contributed by atoms with Gasteiger partial charge >= 0.3 is 6.36 Å². The first kappa shape index (κ1) is 17.0. The van der Waals surface area contributed by atoms with Crippen molar-refractivity contribution in [3.8, 4) is 5.75 Å². The molecule has 1 aromatic heterocycles. The van der Waals surface area contributed by atoms with E-state index in [0.717, 1.165) is 0 Å². The third-order valence-corrected chi connectivity index (χ3v) is 3.48. The summed E-state index contributed by atoms with van der Waals surface area (Å²) in [5, 5.41) is 4.42. The fourth-order valence-corrected chi connectivity index (χ4v) is 2.77. The van der Waals surface area contributed by atoms with Crippen LogP contribution in [0.25, 0.3) is 0 Å². The van der Waals surface area contributed by atoms with E-state index >= 15 is 0 Å². The van der Waals surface area contributed by atoms with Crippen LogP contribution in [0.5, 0.6) is 5.75 Å². The van der Waals surface area contributed by atoms with E-state index in [-0.39, 0.29) is 5.33 Å². The van der Waals surface area contributed by atoms with Gasteiger partial charge in [0.2, 0.25) is 10.0 Å². The van der Waals surface area contributed by atoms with Gasteiger partial charge in [0.05, 0.1) is 11.3 Å². The zero-order chi connectivity index (χ0) is 15.7. The van der Waals surface area contributed by atoms with E-state index < -0.39 is 44.7 Å². The minimum absolute atomic E-state index is 0.323. The van der Waals surface area contributed by atoms with E-state index in [9.17, 15) is 30.4 Å². The summed E-state index contributed by atoms with van der Waals surface area (Å²) in [4.78, 5) is 2.11. The average molecular weight is 385 g/mol. The van der Waals surface area contributed by atoms with E-state index in [2.05, 4.69) is 25.7 Å². The summed E-state index contributed by atoms with van der Waals surface area (Å²) in [5.41, 5.74) is -1.80. The third-order valence-electron chi connectivity index (χ3n) is 1.95. The fourth-order valence-electron chi connectivity index (χ4n) is 1.29. The van der Waals surface area contributed by atoms with Crippen LogP contribution in [0.3, 0.4) is 0 Å². The monoisotopic (exact) mass is 384 g/mol. The molecule has 114 valence electrons. The molecule has 0 bridgehead atoms. The number of nitrogens with two attached hydrogens (primary N) is 1. The zero-order valence-electron chi connectivity index (χ0n) is 9.29. The van der Waals surface area contributed by atoms with Gasteiger partial charge in [-0.05, 0) is 0 Å². The first-order chi connectivity index (χ1) is 8.97. The third kappa shape index (κ3) is 3.99. The number of primary sulfonamides is 1. The lowest BCUT2D eigenvalue weighted by Gasteiger charge is -2.17. The summed E-state index contributed by atoms with van der Waals surface area (Å²) >= 11 is 2.77. The van der Waals surface area contributed by atoms with Crippen molar-refractivity contribution < 1.29 is 35.1 Å². The molecule has 0 fully saturated rings. The summed E-state index contributed by atoms with van der Waals surface area (Å²) in [6.07, 6.45) is -8.39. The van der Waals surface area contributed by atoms with Gasteiger partial charge in [0, 0.05) is 11.5 Å². The summed E-state index contributed by atoms with van der Waals surface area (Å²) in [7, 11) is -4.76. The second-order valence-corrected chi connectivity index (χ2v) is 5.40. The Morgan fingerprint density at radius 1 is 1.40 bits per heavy atom. The Bertz CT molecular complexity index is 605. The van der Waals surface area contributed by atoms with Gasteiger partial charge in [-0.3, -0.25) is 4.98 Å². The van der Waals surface area contributed by atoms with Crippen molar-refractivity contribution in [3.05, 3.63) is 17.5 Å². The topological polar surface area (TPSA) is 82.3 Å². The number of ether oxygens (including phenoxy) is 1. The molecule has 0 saturated carbocycles. The predicted molar refractivity (Wildman–Crippen MR) is 59.9 cm³/mol. The molecule has 0 unspecified atom stereocenters. The molecule has 2 N–H and O–H groups in total. The minimum Gasteiger partial charge on any atom is -0.404 e. The second kappa shape index (κ2) is 5.77. The number of sulfonamides is 1. The Kier molecular flexibility index (Phi) is 4.92.